The summed E-state index contributed by atoms with van der Waals surface area (Å²) < 4.78 is 0. The maximum absolute atomic E-state index is 12.1. The third-order valence-electron chi connectivity index (χ3n) is 3.68. The highest BCUT2D eigenvalue weighted by Crippen LogP contribution is 2.21. The van der Waals surface area contributed by atoms with E-state index in [4.69, 9.17) is 5.73 Å². The van der Waals surface area contributed by atoms with Crippen LogP contribution in [0.4, 0.5) is 5.69 Å². The summed E-state index contributed by atoms with van der Waals surface area (Å²) in [6, 6.07) is 6.34. The van der Waals surface area contributed by atoms with Crippen molar-refractivity contribution in [3.63, 3.8) is 0 Å². The number of likely N-dealkylation sites (tertiary alicyclic amines) is 1. The third-order valence-corrected chi connectivity index (χ3v) is 3.68. The second-order valence-corrected chi connectivity index (χ2v) is 5.29. The quantitative estimate of drug-likeness (QED) is 0.864. The van der Waals surface area contributed by atoms with Crippen molar-refractivity contribution in [2.24, 2.45) is 5.73 Å². The van der Waals surface area contributed by atoms with Gasteiger partial charge in [-0.25, -0.2) is 0 Å². The van der Waals surface area contributed by atoms with E-state index >= 15 is 0 Å². The molecule has 1 aliphatic rings. The molecule has 1 unspecified atom stereocenters. The maximum Gasteiger partial charge on any atom is 0.238 e. The number of rotatable bonds is 4. The van der Waals surface area contributed by atoms with Gasteiger partial charge in [0, 0.05) is 24.8 Å². The van der Waals surface area contributed by atoms with E-state index in [1.54, 1.807) is 0 Å². The number of nitrogens with zero attached hydrogens (tertiary/aromatic N) is 1. The van der Waals surface area contributed by atoms with Gasteiger partial charge in [-0.15, -0.1) is 0 Å². The monoisotopic (exact) mass is 261 g/mol. The maximum atomic E-state index is 12.1. The number of aryl methyl sites for hydroxylation is 2. The van der Waals surface area contributed by atoms with Crippen LogP contribution in [0.1, 0.15) is 24.5 Å². The van der Waals surface area contributed by atoms with Crippen molar-refractivity contribution < 1.29 is 4.79 Å². The van der Waals surface area contributed by atoms with Gasteiger partial charge in [-0.1, -0.05) is 25.1 Å². The fourth-order valence-electron chi connectivity index (χ4n) is 2.59. The molecule has 1 amide bonds. The van der Waals surface area contributed by atoms with Crippen LogP contribution in [0.3, 0.4) is 0 Å². The van der Waals surface area contributed by atoms with Crippen LogP contribution in [0.2, 0.25) is 0 Å². The van der Waals surface area contributed by atoms with Crippen molar-refractivity contribution in [1.29, 1.82) is 0 Å². The summed E-state index contributed by atoms with van der Waals surface area (Å²) in [7, 11) is 0. The molecule has 1 aromatic rings. The van der Waals surface area contributed by atoms with Gasteiger partial charge < -0.3 is 11.1 Å². The summed E-state index contributed by atoms with van der Waals surface area (Å²) >= 11 is 0. The number of para-hydroxylation sites is 1. The lowest BCUT2D eigenvalue weighted by Crippen LogP contribution is -2.34. The van der Waals surface area contributed by atoms with Crippen LogP contribution in [-0.4, -0.2) is 36.5 Å². The van der Waals surface area contributed by atoms with E-state index in [0.717, 1.165) is 37.2 Å². The van der Waals surface area contributed by atoms with Gasteiger partial charge in [-0.3, -0.25) is 9.69 Å². The molecule has 0 bridgehead atoms. The van der Waals surface area contributed by atoms with Crippen LogP contribution in [0.15, 0.2) is 18.2 Å². The van der Waals surface area contributed by atoms with Gasteiger partial charge >= 0.3 is 0 Å². The fraction of sp³-hybridized carbons (Fsp3) is 0.533. The molecule has 19 heavy (non-hydrogen) atoms. The summed E-state index contributed by atoms with van der Waals surface area (Å²) in [5.74, 6) is 0.0538. The summed E-state index contributed by atoms with van der Waals surface area (Å²) in [5, 5.41) is 3.05. The number of hydrogen-bond donors (Lipinski definition) is 2. The highest BCUT2D eigenvalue weighted by molar-refractivity contribution is 5.93. The average molecular weight is 261 g/mol. The molecule has 4 heteroatoms. The molecule has 4 nitrogen and oxygen atoms in total. The van der Waals surface area contributed by atoms with Crippen LogP contribution in [-0.2, 0) is 11.2 Å². The van der Waals surface area contributed by atoms with Crippen molar-refractivity contribution in [3.05, 3.63) is 29.3 Å². The lowest BCUT2D eigenvalue weighted by atomic mass is 10.1. The van der Waals surface area contributed by atoms with Crippen LogP contribution < -0.4 is 11.1 Å². The Morgan fingerprint density at radius 3 is 2.95 bits per heavy atom. The highest BCUT2D eigenvalue weighted by Gasteiger charge is 2.21. The number of nitrogens with one attached hydrogen (secondary N) is 1. The van der Waals surface area contributed by atoms with Crippen molar-refractivity contribution in [2.75, 3.05) is 25.0 Å². The molecular weight excluding hydrogens is 238 g/mol. The average Bonchev–Trinajstić information content (AvgIpc) is 2.77. The first-order valence-corrected chi connectivity index (χ1v) is 6.96. The van der Waals surface area contributed by atoms with Gasteiger partial charge in [0.2, 0.25) is 5.91 Å². The van der Waals surface area contributed by atoms with Gasteiger partial charge in [-0.05, 0) is 30.9 Å². The molecule has 0 saturated carbocycles. The minimum atomic E-state index is 0.0538. The fourth-order valence-corrected chi connectivity index (χ4v) is 2.59. The second kappa shape index (κ2) is 6.17. The van der Waals surface area contributed by atoms with Gasteiger partial charge in [0.15, 0.2) is 0 Å². The minimum Gasteiger partial charge on any atom is -0.326 e. The molecule has 1 heterocycles. The van der Waals surface area contributed by atoms with Crippen molar-refractivity contribution in [1.82, 2.24) is 4.90 Å². The van der Waals surface area contributed by atoms with Crippen molar-refractivity contribution in [2.45, 2.75) is 32.7 Å². The second-order valence-electron chi connectivity index (χ2n) is 5.29. The molecule has 104 valence electrons. The largest absolute Gasteiger partial charge is 0.326 e. The van der Waals surface area contributed by atoms with Gasteiger partial charge in [0.25, 0.3) is 0 Å². The first-order valence-electron chi connectivity index (χ1n) is 6.96. The number of carbonyl (C=O) groups is 1. The number of hydrogen-bond acceptors (Lipinski definition) is 3. The molecule has 1 atom stereocenters. The normalized spacial score (nSPS) is 19.6. The van der Waals surface area contributed by atoms with Gasteiger partial charge in [-0.2, -0.15) is 0 Å². The molecule has 0 radical (unpaired) electrons. The number of amides is 1. The highest BCUT2D eigenvalue weighted by atomic mass is 16.2. The summed E-state index contributed by atoms with van der Waals surface area (Å²) in [5.41, 5.74) is 9.12. The zero-order valence-electron chi connectivity index (χ0n) is 11.8. The molecular formula is C15H23N3O. The molecule has 1 aromatic carbocycles. The Bertz CT molecular complexity index is 459. The Labute approximate surface area is 115 Å². The predicted molar refractivity (Wildman–Crippen MR) is 78.2 cm³/mol. The lowest BCUT2D eigenvalue weighted by molar-refractivity contribution is -0.117. The van der Waals surface area contributed by atoms with E-state index < -0.39 is 0 Å². The van der Waals surface area contributed by atoms with Crippen molar-refractivity contribution in [3.8, 4) is 0 Å². The molecule has 0 aromatic heterocycles. The Kier molecular flexibility index (Phi) is 4.56. The summed E-state index contributed by atoms with van der Waals surface area (Å²) in [4.78, 5) is 14.2. The molecule has 0 aliphatic carbocycles. The Morgan fingerprint density at radius 2 is 2.32 bits per heavy atom. The minimum absolute atomic E-state index is 0.0538. The Balaban J connectivity index is 1.99. The number of nitrogens with two attached hydrogens (primary N) is 1. The van der Waals surface area contributed by atoms with E-state index in [9.17, 15) is 4.79 Å². The molecule has 1 saturated heterocycles. The molecule has 3 N–H and O–H groups in total. The zero-order chi connectivity index (χ0) is 13.8. The molecule has 1 aliphatic heterocycles. The molecule has 0 spiro atoms. The van der Waals surface area contributed by atoms with Crippen LogP contribution in [0.5, 0.6) is 0 Å². The predicted octanol–water partition coefficient (Wildman–Crippen LogP) is 1.53. The van der Waals surface area contributed by atoms with Crippen LogP contribution in [0.25, 0.3) is 0 Å². The summed E-state index contributed by atoms with van der Waals surface area (Å²) in [6.45, 7) is 6.31. The van der Waals surface area contributed by atoms with Gasteiger partial charge in [0.05, 0.1) is 6.54 Å². The first kappa shape index (κ1) is 14.0. The van der Waals surface area contributed by atoms with Crippen LogP contribution in [0, 0.1) is 6.92 Å². The van der Waals surface area contributed by atoms with E-state index in [1.165, 1.54) is 5.56 Å². The standard InChI is InChI=1S/C15H23N3O/c1-3-12-6-4-5-11(2)15(12)17-14(19)10-18-8-7-13(16)9-18/h4-6,13H,3,7-10,16H2,1-2H3,(H,17,19). The Hall–Kier alpha value is -1.39. The van der Waals surface area contributed by atoms with E-state index in [1.807, 2.05) is 19.1 Å². The smallest absolute Gasteiger partial charge is 0.238 e. The summed E-state index contributed by atoms with van der Waals surface area (Å²) in [6.07, 6.45) is 1.91. The van der Waals surface area contributed by atoms with Crippen LogP contribution >= 0.6 is 0 Å². The van der Waals surface area contributed by atoms with E-state index in [0.29, 0.717) is 6.54 Å². The van der Waals surface area contributed by atoms with E-state index in [2.05, 4.69) is 23.2 Å². The molecule has 1 fully saturated rings. The lowest BCUT2D eigenvalue weighted by Gasteiger charge is -2.17. The first-order chi connectivity index (χ1) is 9.10. The SMILES string of the molecule is CCc1cccc(C)c1NC(=O)CN1CCC(N)C1. The Morgan fingerprint density at radius 1 is 1.53 bits per heavy atom. The number of benzene rings is 1. The third kappa shape index (κ3) is 3.55. The number of anilines is 1. The topological polar surface area (TPSA) is 58.4 Å². The van der Waals surface area contributed by atoms with E-state index in [-0.39, 0.29) is 11.9 Å². The molecule has 2 rings (SSSR count). The number of carbonyl (C=O) groups excluding carboxylic acids is 1. The van der Waals surface area contributed by atoms with Gasteiger partial charge in [0.1, 0.15) is 0 Å². The van der Waals surface area contributed by atoms with Crippen molar-refractivity contribution >= 4 is 11.6 Å². The zero-order valence-corrected chi connectivity index (χ0v) is 11.8.